The summed E-state index contributed by atoms with van der Waals surface area (Å²) in [6, 6.07) is 5.62. The second-order valence-corrected chi connectivity index (χ2v) is 4.92. The van der Waals surface area contributed by atoms with Crippen molar-refractivity contribution in [2.45, 2.75) is 19.9 Å². The highest BCUT2D eigenvalue weighted by molar-refractivity contribution is 5.83. The summed E-state index contributed by atoms with van der Waals surface area (Å²) in [5.74, 6) is 0.622. The molecule has 0 aliphatic heterocycles. The Hall–Kier alpha value is -2.24. The number of nitrogen functional groups attached to an aromatic ring is 1. The molecule has 1 heterocycles. The van der Waals surface area contributed by atoms with E-state index in [4.69, 9.17) is 5.73 Å². The molecule has 6 heteroatoms. The maximum atomic E-state index is 11.7. The smallest absolute Gasteiger partial charge is 0.239 e. The Balaban J connectivity index is 2.13. The third-order valence-electron chi connectivity index (χ3n) is 2.69. The number of amides is 1. The van der Waals surface area contributed by atoms with Crippen molar-refractivity contribution in [2.75, 3.05) is 24.2 Å². The lowest BCUT2D eigenvalue weighted by Gasteiger charge is -2.16. The Morgan fingerprint density at radius 3 is 2.95 bits per heavy atom. The van der Waals surface area contributed by atoms with E-state index in [1.54, 1.807) is 11.0 Å². The van der Waals surface area contributed by atoms with E-state index in [1.807, 2.05) is 33.0 Å². The third kappa shape index (κ3) is 3.15. The number of fused-ring (bicyclic) bond motifs is 1. The van der Waals surface area contributed by atoms with Crippen LogP contribution in [0.15, 0.2) is 18.2 Å². The predicted molar refractivity (Wildman–Crippen MR) is 77.1 cm³/mol. The first kappa shape index (κ1) is 13.2. The average molecular weight is 261 g/mol. The Kier molecular flexibility index (Phi) is 3.59. The summed E-state index contributed by atoms with van der Waals surface area (Å²) >= 11 is 0. The van der Waals surface area contributed by atoms with Crippen molar-refractivity contribution >= 4 is 28.6 Å². The lowest BCUT2D eigenvalue weighted by Crippen LogP contribution is -2.38. The number of aromatic nitrogens is 2. The van der Waals surface area contributed by atoms with Gasteiger partial charge in [-0.1, -0.05) is 0 Å². The molecule has 19 heavy (non-hydrogen) atoms. The zero-order valence-corrected chi connectivity index (χ0v) is 11.4. The second-order valence-electron chi connectivity index (χ2n) is 4.92. The zero-order valence-electron chi connectivity index (χ0n) is 11.4. The van der Waals surface area contributed by atoms with E-state index >= 15 is 0 Å². The largest absolute Gasteiger partial charge is 0.399 e. The molecule has 2 aromatic rings. The number of hydrogen-bond donors (Lipinski definition) is 3. The number of hydrogen-bond acceptors (Lipinski definition) is 4. The Morgan fingerprint density at radius 1 is 1.53 bits per heavy atom. The van der Waals surface area contributed by atoms with E-state index in [0.717, 1.165) is 11.0 Å². The summed E-state index contributed by atoms with van der Waals surface area (Å²) in [6.45, 7) is 4.12. The molecule has 0 saturated carbocycles. The van der Waals surface area contributed by atoms with E-state index in [9.17, 15) is 4.79 Å². The van der Waals surface area contributed by atoms with E-state index in [-0.39, 0.29) is 18.5 Å². The summed E-state index contributed by atoms with van der Waals surface area (Å²) in [6.07, 6.45) is 0. The Bertz CT molecular complexity index is 590. The number of benzene rings is 1. The van der Waals surface area contributed by atoms with Crippen molar-refractivity contribution in [1.29, 1.82) is 0 Å². The number of carbonyl (C=O) groups is 1. The minimum absolute atomic E-state index is 0.0301. The van der Waals surface area contributed by atoms with Crippen LogP contribution < -0.4 is 16.0 Å². The van der Waals surface area contributed by atoms with E-state index in [2.05, 4.69) is 15.3 Å². The normalized spacial score (nSPS) is 10.9. The van der Waals surface area contributed by atoms with Gasteiger partial charge >= 0.3 is 0 Å². The zero-order chi connectivity index (χ0) is 14.0. The molecule has 0 bridgehead atoms. The lowest BCUT2D eigenvalue weighted by molar-refractivity contribution is -0.120. The van der Waals surface area contributed by atoms with Crippen LogP contribution in [-0.2, 0) is 4.79 Å². The molecule has 1 amide bonds. The second kappa shape index (κ2) is 5.17. The van der Waals surface area contributed by atoms with Gasteiger partial charge in [0.2, 0.25) is 11.9 Å². The van der Waals surface area contributed by atoms with Crippen LogP contribution >= 0.6 is 0 Å². The van der Waals surface area contributed by atoms with E-state index in [0.29, 0.717) is 11.6 Å². The van der Waals surface area contributed by atoms with Gasteiger partial charge in [0, 0.05) is 18.8 Å². The quantitative estimate of drug-likeness (QED) is 0.719. The molecular weight excluding hydrogens is 242 g/mol. The number of likely N-dealkylation sites (N-methyl/N-ethyl adjacent to an activating group) is 1. The molecule has 0 spiro atoms. The van der Waals surface area contributed by atoms with Crippen LogP contribution in [0.3, 0.4) is 0 Å². The van der Waals surface area contributed by atoms with Gasteiger partial charge in [-0.2, -0.15) is 0 Å². The van der Waals surface area contributed by atoms with Gasteiger partial charge < -0.3 is 20.9 Å². The van der Waals surface area contributed by atoms with Gasteiger partial charge in [-0.05, 0) is 32.0 Å². The van der Waals surface area contributed by atoms with Crippen molar-refractivity contribution in [3.8, 4) is 0 Å². The van der Waals surface area contributed by atoms with E-state index in [1.165, 1.54) is 0 Å². The monoisotopic (exact) mass is 261 g/mol. The van der Waals surface area contributed by atoms with Gasteiger partial charge in [-0.3, -0.25) is 4.79 Å². The molecule has 1 aromatic heterocycles. The van der Waals surface area contributed by atoms with Crippen molar-refractivity contribution in [3.05, 3.63) is 18.2 Å². The molecule has 0 radical (unpaired) electrons. The first-order valence-corrected chi connectivity index (χ1v) is 6.21. The molecule has 102 valence electrons. The summed E-state index contributed by atoms with van der Waals surface area (Å²) in [5.41, 5.74) is 8.10. The molecule has 0 saturated heterocycles. The maximum absolute atomic E-state index is 11.7. The number of nitrogens with one attached hydrogen (secondary N) is 2. The van der Waals surface area contributed by atoms with Gasteiger partial charge in [0.25, 0.3) is 0 Å². The number of rotatable bonds is 4. The van der Waals surface area contributed by atoms with Crippen molar-refractivity contribution in [3.63, 3.8) is 0 Å². The SMILES string of the molecule is CC(C)NC(=O)CN(C)c1nc2ccc(N)cc2[nH]1. The Morgan fingerprint density at radius 2 is 2.26 bits per heavy atom. The number of carbonyl (C=O) groups excluding carboxylic acids is 1. The highest BCUT2D eigenvalue weighted by Crippen LogP contribution is 2.18. The van der Waals surface area contributed by atoms with Crippen molar-refractivity contribution in [2.24, 2.45) is 0 Å². The van der Waals surface area contributed by atoms with E-state index < -0.39 is 0 Å². The molecule has 6 nitrogen and oxygen atoms in total. The third-order valence-corrected chi connectivity index (χ3v) is 2.69. The summed E-state index contributed by atoms with van der Waals surface area (Å²) in [7, 11) is 1.82. The molecule has 1 aromatic carbocycles. The molecule has 0 atom stereocenters. The summed E-state index contributed by atoms with van der Waals surface area (Å²) in [4.78, 5) is 21.0. The van der Waals surface area contributed by atoms with Gasteiger partial charge in [0.05, 0.1) is 17.6 Å². The van der Waals surface area contributed by atoms with Crippen molar-refractivity contribution in [1.82, 2.24) is 15.3 Å². The van der Waals surface area contributed by atoms with Crippen LogP contribution in [0.4, 0.5) is 11.6 Å². The first-order valence-electron chi connectivity index (χ1n) is 6.21. The number of nitrogens with two attached hydrogens (primary N) is 1. The number of anilines is 2. The van der Waals surface area contributed by atoms with Crippen molar-refractivity contribution < 1.29 is 4.79 Å². The standard InChI is InChI=1S/C13H19N5O/c1-8(2)15-12(19)7-18(3)13-16-10-5-4-9(14)6-11(10)17-13/h4-6,8H,7,14H2,1-3H3,(H,15,19)(H,16,17). The first-order chi connectivity index (χ1) is 8.95. The Labute approximate surface area is 112 Å². The number of H-pyrrole nitrogens is 1. The highest BCUT2D eigenvalue weighted by Gasteiger charge is 2.12. The molecule has 0 aliphatic carbocycles. The van der Waals surface area contributed by atoms with Gasteiger partial charge in [0.15, 0.2) is 0 Å². The molecule has 0 aliphatic rings. The fourth-order valence-corrected chi connectivity index (χ4v) is 1.85. The fourth-order valence-electron chi connectivity index (χ4n) is 1.85. The van der Waals surface area contributed by atoms with Gasteiger partial charge in [0.1, 0.15) is 0 Å². The topological polar surface area (TPSA) is 87.0 Å². The number of aromatic amines is 1. The number of nitrogens with zero attached hydrogens (tertiary/aromatic N) is 2. The molecule has 0 fully saturated rings. The molecule has 2 rings (SSSR count). The molecule has 4 N–H and O–H groups in total. The fraction of sp³-hybridized carbons (Fsp3) is 0.385. The lowest BCUT2D eigenvalue weighted by atomic mass is 10.3. The highest BCUT2D eigenvalue weighted by atomic mass is 16.2. The van der Waals surface area contributed by atoms with Gasteiger partial charge in [-0.15, -0.1) is 0 Å². The number of imidazole rings is 1. The minimum Gasteiger partial charge on any atom is -0.399 e. The van der Waals surface area contributed by atoms with Crippen LogP contribution in [0, 0.1) is 0 Å². The van der Waals surface area contributed by atoms with Crippen LogP contribution in [-0.4, -0.2) is 35.5 Å². The molecular formula is C13H19N5O. The average Bonchev–Trinajstić information content (AvgIpc) is 2.70. The van der Waals surface area contributed by atoms with Crippen LogP contribution in [0.2, 0.25) is 0 Å². The van der Waals surface area contributed by atoms with Gasteiger partial charge in [-0.25, -0.2) is 4.98 Å². The summed E-state index contributed by atoms with van der Waals surface area (Å²) < 4.78 is 0. The molecule has 0 unspecified atom stereocenters. The van der Waals surface area contributed by atoms with Crippen LogP contribution in [0.1, 0.15) is 13.8 Å². The summed E-state index contributed by atoms with van der Waals surface area (Å²) in [5, 5.41) is 2.84. The predicted octanol–water partition coefficient (Wildman–Crippen LogP) is 1.11. The maximum Gasteiger partial charge on any atom is 0.239 e. The van der Waals surface area contributed by atoms with Crippen LogP contribution in [0.25, 0.3) is 11.0 Å². The van der Waals surface area contributed by atoms with Crippen LogP contribution in [0.5, 0.6) is 0 Å². The minimum atomic E-state index is -0.0301.